The van der Waals surface area contributed by atoms with Crippen LogP contribution in [0.5, 0.6) is 11.5 Å². The van der Waals surface area contributed by atoms with Crippen LogP contribution in [0.3, 0.4) is 0 Å². The van der Waals surface area contributed by atoms with Gasteiger partial charge in [0.25, 0.3) is 11.8 Å². The number of thiophene rings is 1. The Morgan fingerprint density at radius 3 is 2.58 bits per heavy atom. The van der Waals surface area contributed by atoms with Crippen molar-refractivity contribution in [2.45, 2.75) is 13.5 Å². The highest BCUT2D eigenvalue weighted by Crippen LogP contribution is 2.40. The number of benzene rings is 2. The second kappa shape index (κ2) is 9.85. The Bertz CT molecular complexity index is 1280. The van der Waals surface area contributed by atoms with Crippen molar-refractivity contribution in [3.8, 4) is 22.6 Å². The van der Waals surface area contributed by atoms with Crippen LogP contribution < -0.4 is 20.5 Å². The minimum atomic E-state index is -0.600. The number of hydrogen-bond acceptors (Lipinski definition) is 7. The Morgan fingerprint density at radius 1 is 1.12 bits per heavy atom. The molecule has 168 valence electrons. The van der Waals surface area contributed by atoms with E-state index in [1.807, 2.05) is 42.6 Å². The van der Waals surface area contributed by atoms with Crippen LogP contribution in [-0.4, -0.2) is 23.9 Å². The molecule has 3 N–H and O–H groups in total. The predicted molar refractivity (Wildman–Crippen MR) is 130 cm³/mol. The monoisotopic (exact) mass is 479 g/mol. The Hall–Kier alpha value is -3.69. The molecular formula is C24H21N3O4S2. The number of aryl methyl sites for hydroxylation is 1. The van der Waals surface area contributed by atoms with Crippen LogP contribution >= 0.6 is 22.7 Å². The second-order valence-corrected chi connectivity index (χ2v) is 9.00. The van der Waals surface area contributed by atoms with Gasteiger partial charge in [-0.25, -0.2) is 4.98 Å². The largest absolute Gasteiger partial charge is 0.493 e. The molecule has 2 aromatic heterocycles. The average molecular weight is 480 g/mol. The number of nitrogens with two attached hydrogens (primary N) is 1. The number of primary amides is 1. The molecule has 0 aliphatic carbocycles. The van der Waals surface area contributed by atoms with Gasteiger partial charge in [-0.05, 0) is 30.7 Å². The number of rotatable bonds is 8. The standard InChI is InChI=1S/C24H21N3O4S2/c1-14-20(15-6-4-3-5-7-15)21(22(25)28)24(33-14)27-23(29)16-8-9-18(19(10-16)30-2)31-11-17-12-32-13-26-17/h3-10,12-13H,11H2,1-2H3,(H2,25,28)(H,27,29). The highest BCUT2D eigenvalue weighted by atomic mass is 32.1. The molecule has 0 saturated carbocycles. The molecule has 0 spiro atoms. The van der Waals surface area contributed by atoms with Crippen LogP contribution in [-0.2, 0) is 6.61 Å². The molecule has 2 aromatic carbocycles. The first-order chi connectivity index (χ1) is 16.0. The lowest BCUT2D eigenvalue weighted by Crippen LogP contribution is -2.17. The molecule has 0 bridgehead atoms. The third-order valence-corrected chi connectivity index (χ3v) is 6.56. The maximum Gasteiger partial charge on any atom is 0.256 e. The summed E-state index contributed by atoms with van der Waals surface area (Å²) in [6.07, 6.45) is 0. The molecule has 33 heavy (non-hydrogen) atoms. The van der Waals surface area contributed by atoms with Gasteiger partial charge >= 0.3 is 0 Å². The van der Waals surface area contributed by atoms with Gasteiger partial charge in [-0.3, -0.25) is 9.59 Å². The normalized spacial score (nSPS) is 10.6. The first-order valence-electron chi connectivity index (χ1n) is 9.95. The number of carbonyl (C=O) groups is 2. The van der Waals surface area contributed by atoms with Crippen molar-refractivity contribution in [2.75, 3.05) is 12.4 Å². The summed E-state index contributed by atoms with van der Waals surface area (Å²) >= 11 is 2.80. The maximum atomic E-state index is 13.0. The number of aromatic nitrogens is 1. The topological polar surface area (TPSA) is 104 Å². The van der Waals surface area contributed by atoms with Gasteiger partial charge in [-0.1, -0.05) is 30.3 Å². The van der Waals surface area contributed by atoms with E-state index >= 15 is 0 Å². The number of anilines is 1. The molecule has 2 amide bonds. The third kappa shape index (κ3) is 4.89. The molecule has 0 saturated heterocycles. The molecule has 0 aliphatic heterocycles. The Balaban J connectivity index is 1.59. The molecule has 0 fully saturated rings. The van der Waals surface area contributed by atoms with Gasteiger partial charge in [0.2, 0.25) is 0 Å². The number of thiazole rings is 1. The molecule has 4 rings (SSSR count). The number of carbonyl (C=O) groups excluding carboxylic acids is 2. The summed E-state index contributed by atoms with van der Waals surface area (Å²) in [7, 11) is 1.51. The van der Waals surface area contributed by atoms with Crippen LogP contribution in [0.4, 0.5) is 5.00 Å². The van der Waals surface area contributed by atoms with Gasteiger partial charge in [0.15, 0.2) is 11.5 Å². The molecule has 0 aliphatic rings. The molecule has 0 unspecified atom stereocenters. The van der Waals surface area contributed by atoms with Crippen LogP contribution in [0, 0.1) is 6.92 Å². The van der Waals surface area contributed by atoms with Crippen LogP contribution in [0.2, 0.25) is 0 Å². The fourth-order valence-electron chi connectivity index (χ4n) is 3.38. The Labute approximate surface area is 198 Å². The maximum absolute atomic E-state index is 13.0. The highest BCUT2D eigenvalue weighted by molar-refractivity contribution is 7.17. The van der Waals surface area contributed by atoms with E-state index in [4.69, 9.17) is 15.2 Å². The van der Waals surface area contributed by atoms with E-state index in [0.717, 1.165) is 21.7 Å². The molecular weight excluding hydrogens is 458 g/mol. The minimum Gasteiger partial charge on any atom is -0.493 e. The summed E-state index contributed by atoms with van der Waals surface area (Å²) in [6, 6.07) is 14.4. The van der Waals surface area contributed by atoms with Gasteiger partial charge in [0.05, 0.1) is 23.9 Å². The summed E-state index contributed by atoms with van der Waals surface area (Å²) in [5, 5.41) is 5.15. The summed E-state index contributed by atoms with van der Waals surface area (Å²) < 4.78 is 11.2. The lowest BCUT2D eigenvalue weighted by Gasteiger charge is -2.12. The summed E-state index contributed by atoms with van der Waals surface area (Å²) in [4.78, 5) is 30.4. The number of methoxy groups -OCH3 is 1. The predicted octanol–water partition coefficient (Wildman–Crippen LogP) is 5.12. The number of amides is 2. The zero-order chi connectivity index (χ0) is 23.4. The van der Waals surface area contributed by atoms with Crippen molar-refractivity contribution in [3.05, 3.63) is 81.1 Å². The highest BCUT2D eigenvalue weighted by Gasteiger charge is 2.23. The van der Waals surface area contributed by atoms with E-state index in [2.05, 4.69) is 10.3 Å². The number of hydrogen-bond donors (Lipinski definition) is 2. The van der Waals surface area contributed by atoms with Gasteiger partial charge in [0, 0.05) is 21.4 Å². The smallest absolute Gasteiger partial charge is 0.256 e. The lowest BCUT2D eigenvalue weighted by molar-refractivity contribution is 0.100. The quantitative estimate of drug-likeness (QED) is 0.365. The molecule has 2 heterocycles. The number of ether oxygens (including phenoxy) is 2. The van der Waals surface area contributed by atoms with Crippen LogP contribution in [0.15, 0.2) is 59.4 Å². The van der Waals surface area contributed by atoms with Gasteiger partial charge in [-0.15, -0.1) is 22.7 Å². The fraction of sp³-hybridized carbons (Fsp3) is 0.125. The lowest BCUT2D eigenvalue weighted by atomic mass is 10.0. The zero-order valence-corrected chi connectivity index (χ0v) is 19.6. The summed E-state index contributed by atoms with van der Waals surface area (Å²) in [5.74, 6) is -0.0712. The van der Waals surface area contributed by atoms with E-state index in [-0.39, 0.29) is 5.91 Å². The van der Waals surface area contributed by atoms with E-state index in [1.165, 1.54) is 29.8 Å². The Morgan fingerprint density at radius 2 is 1.91 bits per heavy atom. The minimum absolute atomic E-state index is 0.296. The van der Waals surface area contributed by atoms with Crippen molar-refractivity contribution in [2.24, 2.45) is 5.73 Å². The van der Waals surface area contributed by atoms with Crippen LogP contribution in [0.1, 0.15) is 31.3 Å². The molecule has 4 aromatic rings. The first-order valence-corrected chi connectivity index (χ1v) is 11.7. The van der Waals surface area contributed by atoms with Crippen molar-refractivity contribution in [3.63, 3.8) is 0 Å². The average Bonchev–Trinajstić information content (AvgIpc) is 3.45. The second-order valence-electron chi connectivity index (χ2n) is 7.06. The number of nitrogens with zero attached hydrogens (tertiary/aromatic N) is 1. The van der Waals surface area contributed by atoms with Gasteiger partial charge < -0.3 is 20.5 Å². The SMILES string of the molecule is COc1cc(C(=O)Nc2sc(C)c(-c3ccccc3)c2C(N)=O)ccc1OCc1cscn1. The van der Waals surface area contributed by atoms with E-state index in [1.54, 1.807) is 23.7 Å². The molecule has 0 atom stereocenters. The first kappa shape index (κ1) is 22.5. The van der Waals surface area contributed by atoms with Crippen molar-refractivity contribution in [1.82, 2.24) is 4.98 Å². The molecule has 0 radical (unpaired) electrons. The van der Waals surface area contributed by atoms with Crippen molar-refractivity contribution >= 4 is 39.5 Å². The fourth-order valence-corrected chi connectivity index (χ4v) is 5.00. The van der Waals surface area contributed by atoms with E-state index in [0.29, 0.717) is 34.2 Å². The third-order valence-electron chi connectivity index (χ3n) is 4.91. The van der Waals surface area contributed by atoms with Crippen LogP contribution in [0.25, 0.3) is 11.1 Å². The number of nitrogens with one attached hydrogen (secondary N) is 1. The molecule has 9 heteroatoms. The summed E-state index contributed by atoms with van der Waals surface area (Å²) in [6.45, 7) is 2.19. The van der Waals surface area contributed by atoms with Crippen molar-refractivity contribution < 1.29 is 19.1 Å². The van der Waals surface area contributed by atoms with E-state index < -0.39 is 5.91 Å². The summed E-state index contributed by atoms with van der Waals surface area (Å²) in [5.41, 5.74) is 10.5. The van der Waals surface area contributed by atoms with E-state index in [9.17, 15) is 9.59 Å². The Kier molecular flexibility index (Phi) is 6.71. The van der Waals surface area contributed by atoms with Gasteiger partial charge in [-0.2, -0.15) is 0 Å². The van der Waals surface area contributed by atoms with Crippen molar-refractivity contribution in [1.29, 1.82) is 0 Å². The molecule has 7 nitrogen and oxygen atoms in total. The van der Waals surface area contributed by atoms with Gasteiger partial charge in [0.1, 0.15) is 11.6 Å². The zero-order valence-electron chi connectivity index (χ0n) is 18.0.